The Morgan fingerprint density at radius 2 is 1.16 bits per heavy atom. The molecule has 0 bridgehead atoms. The number of phenolic OH excluding ortho intramolecular Hbond substituents is 1. The number of carbonyl (C=O) groups is 11. The van der Waals surface area contributed by atoms with Crippen molar-refractivity contribution < 1.29 is 68.1 Å². The van der Waals surface area contributed by atoms with Crippen molar-refractivity contribution >= 4 is 81.9 Å². The number of likely N-dealkylation sites (N-methyl/N-ethyl adjacent to an activating group) is 1. The molecule has 10 amide bonds. The van der Waals surface area contributed by atoms with Crippen molar-refractivity contribution in [2.75, 3.05) is 26.2 Å². The van der Waals surface area contributed by atoms with E-state index in [2.05, 4.69) is 67.8 Å². The zero-order valence-corrected chi connectivity index (χ0v) is 56.9. The molecule has 0 radical (unpaired) electrons. The molecular formula is C71H92N16O14. The lowest BCUT2D eigenvalue weighted by Crippen LogP contribution is -2.61. The molecule has 7 rings (SSSR count). The topological polar surface area (TPSA) is 469 Å². The van der Waals surface area contributed by atoms with Gasteiger partial charge in [0.25, 0.3) is 0 Å². The molecule has 30 heteroatoms. The average Bonchev–Trinajstić information content (AvgIpc) is 1.77. The molecule has 9 atom stereocenters. The summed E-state index contributed by atoms with van der Waals surface area (Å²) in [6, 6.07) is 18.3. The van der Waals surface area contributed by atoms with Crippen molar-refractivity contribution in [1.29, 1.82) is 0 Å². The Morgan fingerprint density at radius 3 is 1.72 bits per heavy atom. The number of carboxylic acid groups (broad SMARTS) is 1. The second-order valence-electron chi connectivity index (χ2n) is 25.3. The van der Waals surface area contributed by atoms with E-state index >= 15 is 9.59 Å². The summed E-state index contributed by atoms with van der Waals surface area (Å²) in [5.41, 5.74) is 14.6. The highest BCUT2D eigenvalue weighted by molar-refractivity contribution is 5.99. The van der Waals surface area contributed by atoms with Crippen LogP contribution in [0, 0.1) is 5.92 Å². The molecule has 1 fully saturated rings. The number of hydrogen-bond donors (Lipinski definition) is 16. The predicted molar refractivity (Wildman–Crippen MR) is 373 cm³/mol. The molecular weight excluding hydrogens is 1300 g/mol. The number of imidazole rings is 1. The van der Waals surface area contributed by atoms with Gasteiger partial charge in [0.05, 0.1) is 12.9 Å². The minimum Gasteiger partial charge on any atom is -0.508 e. The molecule has 101 heavy (non-hydrogen) atoms. The highest BCUT2D eigenvalue weighted by Gasteiger charge is 2.40. The number of aromatic nitrogens is 3. The molecule has 0 unspecified atom stereocenters. The number of nitrogens with two attached hydrogens (primary N) is 2. The fraction of sp³-hybridized carbons (Fsp3) is 0.423. The third-order valence-electron chi connectivity index (χ3n) is 17.1. The Labute approximate surface area is 584 Å². The molecule has 0 saturated carbocycles. The first kappa shape index (κ1) is 77.2. The number of fused-ring (bicyclic) bond motifs is 1. The van der Waals surface area contributed by atoms with Crippen molar-refractivity contribution in [1.82, 2.24) is 67.7 Å². The Kier molecular flexibility index (Phi) is 29.2. The van der Waals surface area contributed by atoms with Crippen LogP contribution < -0.4 is 59.3 Å². The van der Waals surface area contributed by atoms with Gasteiger partial charge in [0.2, 0.25) is 59.1 Å². The monoisotopic (exact) mass is 1390 g/mol. The smallest absolute Gasteiger partial charge is 0.303 e. The van der Waals surface area contributed by atoms with E-state index in [1.807, 2.05) is 74.5 Å². The number of benzene rings is 4. The number of likely N-dealkylation sites (tertiary alicyclic amines) is 1. The number of aliphatic hydroxyl groups is 1. The van der Waals surface area contributed by atoms with Crippen LogP contribution in [0.5, 0.6) is 5.75 Å². The molecule has 4 aromatic carbocycles. The van der Waals surface area contributed by atoms with Crippen LogP contribution in [0.25, 0.3) is 10.9 Å². The zero-order chi connectivity index (χ0) is 73.1. The number of hydrogen-bond acceptors (Lipinski definition) is 15. The van der Waals surface area contributed by atoms with Crippen molar-refractivity contribution in [3.05, 3.63) is 156 Å². The number of nitrogens with one attached hydrogen (secondary N) is 11. The van der Waals surface area contributed by atoms with Crippen molar-refractivity contribution in [2.45, 2.75) is 159 Å². The zero-order valence-electron chi connectivity index (χ0n) is 56.9. The Morgan fingerprint density at radius 1 is 0.624 bits per heavy atom. The maximum atomic E-state index is 15.4. The standard InChI is InChI=1S/C71H92N16O14/c1-5-75-69(100)60-23-15-31-87(60)70(101)53(22-14-30-76-71(72)73)80-63(94)54(32-41(2)3)81-67(98)58(36-50(44-16-8-6-9-17-44)45-18-10-7-11-19-45)85-64(95)55(33-43-24-26-48(90)27-25-43)82-68(99)59(39-88)86-65(96)56(34-46-37-77-51-21-13-12-20-49(46)51)83-66(97)57(35-47-38-74-40-78-47)84-62(93)52(79-42(4)89)28-29-61(91)92/h6-13,16-21,24-27,37-38,40-41,50,52-60,77,88,90H,5,14-15,22-23,28-36,39H2,1-4H3,(H,74,78)(H,75,100)(H,79,89)(H,80,94)(H,81,98)(H,82,99)(H,83,97)(H,84,93)(H,85,95)(H,86,96)(H,91,92)(H4,72,73,76)/t52-,53-,54-,55-,56-,57-,58+,59-,60-/m0/s1. The second-order valence-corrected chi connectivity index (χ2v) is 25.3. The van der Waals surface area contributed by atoms with E-state index in [4.69, 9.17) is 11.5 Å². The largest absolute Gasteiger partial charge is 0.508 e. The van der Waals surface area contributed by atoms with Crippen LogP contribution in [-0.4, -0.2) is 187 Å². The highest BCUT2D eigenvalue weighted by atomic mass is 16.4. The average molecular weight is 1390 g/mol. The summed E-state index contributed by atoms with van der Waals surface area (Å²) < 4.78 is 0. The molecule has 1 aliphatic rings. The number of guanidine groups is 1. The number of aromatic amines is 2. The van der Waals surface area contributed by atoms with Gasteiger partial charge in [0.15, 0.2) is 5.96 Å². The molecule has 3 heterocycles. The minimum absolute atomic E-state index is 0.0399. The number of phenols is 1. The first-order chi connectivity index (χ1) is 48.4. The number of carbonyl (C=O) groups excluding carboxylic acids is 10. The van der Waals surface area contributed by atoms with Crippen LogP contribution >= 0.6 is 0 Å². The Bertz CT molecular complexity index is 3770. The molecule has 30 nitrogen and oxygen atoms in total. The van der Waals surface area contributed by atoms with Gasteiger partial charge in [-0.1, -0.05) is 105 Å². The number of H-pyrrole nitrogens is 2. The molecule has 2 aromatic heterocycles. The fourth-order valence-corrected chi connectivity index (χ4v) is 12.1. The van der Waals surface area contributed by atoms with E-state index in [0.717, 1.165) is 18.1 Å². The third-order valence-corrected chi connectivity index (χ3v) is 17.1. The van der Waals surface area contributed by atoms with Crippen molar-refractivity contribution in [2.24, 2.45) is 22.4 Å². The summed E-state index contributed by atoms with van der Waals surface area (Å²) in [5.74, 6) is -10.4. The molecule has 6 aromatic rings. The molecule has 540 valence electrons. The van der Waals surface area contributed by atoms with E-state index in [-0.39, 0.29) is 88.0 Å². The first-order valence-electron chi connectivity index (χ1n) is 33.7. The molecule has 1 aliphatic heterocycles. The molecule has 18 N–H and O–H groups in total. The number of aliphatic hydroxyl groups excluding tert-OH is 1. The molecule has 1 saturated heterocycles. The molecule has 0 aliphatic carbocycles. The second kappa shape index (κ2) is 38.3. The van der Waals surface area contributed by atoms with Gasteiger partial charge in [-0.15, -0.1) is 0 Å². The lowest BCUT2D eigenvalue weighted by molar-refractivity contribution is -0.142. The maximum absolute atomic E-state index is 15.4. The Balaban J connectivity index is 1.20. The number of aliphatic carboxylic acids is 1. The summed E-state index contributed by atoms with van der Waals surface area (Å²) in [6.07, 6.45) is 3.77. The predicted octanol–water partition coefficient (Wildman–Crippen LogP) is 0.829. The van der Waals surface area contributed by atoms with Gasteiger partial charge in [-0.05, 0) is 98.2 Å². The minimum atomic E-state index is -1.85. The quantitative estimate of drug-likeness (QED) is 0.0145. The summed E-state index contributed by atoms with van der Waals surface area (Å²) in [5, 5.41) is 55.7. The highest BCUT2D eigenvalue weighted by Crippen LogP contribution is 2.30. The van der Waals surface area contributed by atoms with E-state index in [9.17, 15) is 58.5 Å². The summed E-state index contributed by atoms with van der Waals surface area (Å²) in [7, 11) is 0. The SMILES string of the molecule is CCNC(=O)[C@@H]1CCCN1C(=O)[C@H](CCCN=C(N)N)NC(=O)[C@H](CC(C)C)NC(=O)[C@@H](CC(c1ccccc1)c1ccccc1)NC(=O)[C@H](Cc1ccc(O)cc1)NC(=O)[C@H](CO)NC(=O)[C@H](Cc1c[nH]c2ccccc12)NC(=O)[C@H](Cc1cnc[nH]1)NC(=O)[C@H](CCC(=O)O)NC(C)=O. The summed E-state index contributed by atoms with van der Waals surface area (Å²) >= 11 is 0. The number of amides is 10. The molecule has 0 spiro atoms. The number of aromatic hydroxyl groups is 1. The fourth-order valence-electron chi connectivity index (χ4n) is 12.1. The van der Waals surface area contributed by atoms with Gasteiger partial charge in [-0.3, -0.25) is 57.7 Å². The van der Waals surface area contributed by atoms with Gasteiger partial charge in [0.1, 0.15) is 60.1 Å². The lowest BCUT2D eigenvalue weighted by atomic mass is 9.85. The summed E-state index contributed by atoms with van der Waals surface area (Å²) in [4.78, 5) is 171. The Hall–Kier alpha value is -11.2. The van der Waals surface area contributed by atoms with Crippen LogP contribution in [0.1, 0.15) is 113 Å². The number of nitrogens with zero attached hydrogens (tertiary/aromatic N) is 3. The van der Waals surface area contributed by atoms with Crippen molar-refractivity contribution in [3.8, 4) is 5.75 Å². The van der Waals surface area contributed by atoms with Crippen molar-refractivity contribution in [3.63, 3.8) is 0 Å². The van der Waals surface area contributed by atoms with Crippen LogP contribution in [0.4, 0.5) is 0 Å². The van der Waals surface area contributed by atoms with Gasteiger partial charge in [-0.2, -0.15) is 0 Å². The maximum Gasteiger partial charge on any atom is 0.303 e. The van der Waals surface area contributed by atoms with Crippen LogP contribution in [0.3, 0.4) is 0 Å². The third kappa shape index (κ3) is 23.5. The van der Waals surface area contributed by atoms with Gasteiger partial charge in [0, 0.05) is 87.1 Å². The van der Waals surface area contributed by atoms with Gasteiger partial charge in [-0.25, -0.2) is 4.98 Å². The normalized spacial score (nSPS) is 15.1. The van der Waals surface area contributed by atoms with Crippen LogP contribution in [0.15, 0.2) is 133 Å². The summed E-state index contributed by atoms with van der Waals surface area (Å²) in [6.45, 7) is 6.16. The van der Waals surface area contributed by atoms with Crippen LogP contribution in [-0.2, 0) is 72.0 Å². The van der Waals surface area contributed by atoms with E-state index < -0.39 is 132 Å². The van der Waals surface area contributed by atoms with E-state index in [1.165, 1.54) is 41.7 Å². The van der Waals surface area contributed by atoms with Gasteiger partial charge < -0.3 is 89.5 Å². The lowest BCUT2D eigenvalue weighted by Gasteiger charge is -2.31. The number of carboxylic acids is 1. The van der Waals surface area contributed by atoms with E-state index in [1.54, 1.807) is 37.4 Å². The number of para-hydroxylation sites is 1. The number of aliphatic imine (C=N–C) groups is 1. The number of rotatable bonds is 38. The van der Waals surface area contributed by atoms with Crippen LogP contribution in [0.2, 0.25) is 0 Å². The van der Waals surface area contributed by atoms with E-state index in [0.29, 0.717) is 47.1 Å². The first-order valence-corrected chi connectivity index (χ1v) is 33.7. The van der Waals surface area contributed by atoms with Gasteiger partial charge >= 0.3 is 5.97 Å².